The Balaban J connectivity index is 2.05. The Kier molecular flexibility index (Phi) is 4.39. The fourth-order valence-electron chi connectivity index (χ4n) is 3.83. The minimum atomic E-state index is -0.572. The van der Waals surface area contributed by atoms with Gasteiger partial charge in [-0.05, 0) is 24.7 Å². The third kappa shape index (κ3) is 3.05. The van der Waals surface area contributed by atoms with Gasteiger partial charge in [0.05, 0.1) is 0 Å². The largest absolute Gasteiger partial charge is 0.422 e. The number of fused-ring (bicyclic) bond motifs is 1. The van der Waals surface area contributed by atoms with Crippen LogP contribution in [0.2, 0.25) is 0 Å². The maximum Gasteiger partial charge on any atom is 0.308 e. The molecule has 0 atom stereocenters. The highest BCUT2D eigenvalue weighted by molar-refractivity contribution is 6.26. The molecule has 0 heterocycles. The lowest BCUT2D eigenvalue weighted by atomic mass is 9.70. The predicted octanol–water partition coefficient (Wildman–Crippen LogP) is 4.24. The van der Waals surface area contributed by atoms with Gasteiger partial charge in [0.1, 0.15) is 0 Å². The van der Waals surface area contributed by atoms with Crippen molar-refractivity contribution in [3.8, 4) is 0 Å². The smallest absolute Gasteiger partial charge is 0.308 e. The molecule has 1 aromatic carbocycles. The van der Waals surface area contributed by atoms with Gasteiger partial charge in [0, 0.05) is 23.6 Å². The van der Waals surface area contributed by atoms with E-state index in [9.17, 15) is 14.4 Å². The highest BCUT2D eigenvalue weighted by atomic mass is 16.5. The predicted molar refractivity (Wildman–Crippen MR) is 89.7 cm³/mol. The van der Waals surface area contributed by atoms with Crippen molar-refractivity contribution in [2.75, 3.05) is 0 Å². The van der Waals surface area contributed by atoms with Crippen LogP contribution in [0.5, 0.6) is 0 Å². The number of Topliss-reactive ketones (excluding diaryl/α,β-unsaturated/α-hetero) is 2. The molecule has 4 heteroatoms. The Bertz CT molecular complexity index is 736. The summed E-state index contributed by atoms with van der Waals surface area (Å²) in [5.74, 6) is -1.20. The Morgan fingerprint density at radius 1 is 1.04 bits per heavy atom. The van der Waals surface area contributed by atoms with Gasteiger partial charge in [-0.15, -0.1) is 0 Å². The van der Waals surface area contributed by atoms with Crippen LogP contribution in [-0.4, -0.2) is 17.5 Å². The molecule has 0 aromatic heterocycles. The second kappa shape index (κ2) is 6.34. The van der Waals surface area contributed by atoms with Crippen LogP contribution in [0.25, 0.3) is 0 Å². The topological polar surface area (TPSA) is 60.4 Å². The highest BCUT2D eigenvalue weighted by Gasteiger charge is 2.38. The summed E-state index contributed by atoms with van der Waals surface area (Å²) < 4.78 is 5.20. The fourth-order valence-corrected chi connectivity index (χ4v) is 3.83. The summed E-state index contributed by atoms with van der Waals surface area (Å²) in [7, 11) is 0. The van der Waals surface area contributed by atoms with Crippen molar-refractivity contribution in [1.29, 1.82) is 0 Å². The number of hydrogen-bond donors (Lipinski definition) is 0. The molecule has 0 aliphatic heterocycles. The summed E-state index contributed by atoms with van der Waals surface area (Å²) in [5.41, 5.74) is 1.06. The van der Waals surface area contributed by atoms with Crippen molar-refractivity contribution in [2.45, 2.75) is 52.4 Å². The van der Waals surface area contributed by atoms with Gasteiger partial charge in [0.2, 0.25) is 5.78 Å². The third-order valence-electron chi connectivity index (χ3n) is 5.08. The van der Waals surface area contributed by atoms with Gasteiger partial charge in [-0.25, -0.2) is 0 Å². The summed E-state index contributed by atoms with van der Waals surface area (Å²) in [6.45, 7) is 3.41. The molecule has 126 valence electrons. The van der Waals surface area contributed by atoms with Gasteiger partial charge >= 0.3 is 5.97 Å². The summed E-state index contributed by atoms with van der Waals surface area (Å²) in [6, 6.07) is 6.74. The zero-order chi connectivity index (χ0) is 17.3. The molecule has 0 bridgehead atoms. The molecule has 3 rings (SSSR count). The highest BCUT2D eigenvalue weighted by Crippen LogP contribution is 2.43. The first-order valence-corrected chi connectivity index (χ1v) is 8.51. The van der Waals surface area contributed by atoms with Crippen molar-refractivity contribution in [2.24, 2.45) is 5.41 Å². The molecule has 1 aromatic rings. The van der Waals surface area contributed by atoms with Crippen LogP contribution in [0.4, 0.5) is 0 Å². The first-order chi connectivity index (χ1) is 11.4. The zero-order valence-corrected chi connectivity index (χ0v) is 14.2. The van der Waals surface area contributed by atoms with Gasteiger partial charge in [0.25, 0.3) is 0 Å². The van der Waals surface area contributed by atoms with E-state index in [-0.39, 0.29) is 22.7 Å². The van der Waals surface area contributed by atoms with Crippen LogP contribution in [0, 0.1) is 5.41 Å². The number of carbonyl (C=O) groups is 3. The molecule has 2 aliphatic rings. The molecule has 0 radical (unpaired) electrons. The fraction of sp³-hybridized carbons (Fsp3) is 0.450. The number of allylic oxidation sites excluding steroid dienone is 2. The maximum absolute atomic E-state index is 13.0. The van der Waals surface area contributed by atoms with Crippen molar-refractivity contribution in [3.63, 3.8) is 0 Å². The number of rotatable bonds is 3. The standard InChI is InChI=1S/C20H22O4/c1-13(21)24-19-16(12-20(2)10-6-3-7-11-20)17(22)14-8-4-5-9-15(14)18(19)23/h4-5,8-9H,3,6-7,10-12H2,1-2H3. The molecule has 1 fully saturated rings. The van der Waals surface area contributed by atoms with Gasteiger partial charge in [0.15, 0.2) is 11.5 Å². The van der Waals surface area contributed by atoms with Crippen LogP contribution in [0.15, 0.2) is 35.6 Å². The molecule has 24 heavy (non-hydrogen) atoms. The van der Waals surface area contributed by atoms with Gasteiger partial charge in [-0.3, -0.25) is 14.4 Å². The monoisotopic (exact) mass is 326 g/mol. The Hall–Kier alpha value is -2.23. The second-order valence-corrected chi connectivity index (χ2v) is 7.15. The first-order valence-electron chi connectivity index (χ1n) is 8.51. The molecule has 0 unspecified atom stereocenters. The van der Waals surface area contributed by atoms with Crippen molar-refractivity contribution in [3.05, 3.63) is 46.7 Å². The van der Waals surface area contributed by atoms with Crippen molar-refractivity contribution >= 4 is 17.5 Å². The van der Waals surface area contributed by atoms with Crippen LogP contribution in [-0.2, 0) is 9.53 Å². The van der Waals surface area contributed by atoms with Gasteiger partial charge < -0.3 is 4.74 Å². The number of ether oxygens (including phenoxy) is 1. The van der Waals surface area contributed by atoms with E-state index in [0.29, 0.717) is 23.1 Å². The van der Waals surface area contributed by atoms with Crippen LogP contribution in [0.3, 0.4) is 0 Å². The minimum Gasteiger partial charge on any atom is -0.422 e. The van der Waals surface area contributed by atoms with E-state index in [4.69, 9.17) is 4.74 Å². The lowest BCUT2D eigenvalue weighted by Gasteiger charge is -2.35. The third-order valence-corrected chi connectivity index (χ3v) is 5.08. The second-order valence-electron chi connectivity index (χ2n) is 7.15. The van der Waals surface area contributed by atoms with E-state index in [1.807, 2.05) is 0 Å². The first kappa shape index (κ1) is 16.6. The number of esters is 1. The van der Waals surface area contributed by atoms with E-state index in [2.05, 4.69) is 6.92 Å². The molecular weight excluding hydrogens is 304 g/mol. The van der Waals surface area contributed by atoms with E-state index in [1.54, 1.807) is 24.3 Å². The van der Waals surface area contributed by atoms with Crippen LogP contribution >= 0.6 is 0 Å². The maximum atomic E-state index is 13.0. The summed E-state index contributed by atoms with van der Waals surface area (Å²) >= 11 is 0. The van der Waals surface area contributed by atoms with Crippen LogP contribution in [0.1, 0.15) is 73.1 Å². The molecular formula is C20H22O4. The molecule has 0 amide bonds. The quantitative estimate of drug-likeness (QED) is 0.779. The molecule has 0 spiro atoms. The molecule has 2 aliphatic carbocycles. The molecule has 4 nitrogen and oxygen atoms in total. The molecule has 1 saturated carbocycles. The Morgan fingerprint density at radius 2 is 1.62 bits per heavy atom. The Labute approximate surface area is 141 Å². The van der Waals surface area contributed by atoms with E-state index >= 15 is 0 Å². The lowest BCUT2D eigenvalue weighted by Crippen LogP contribution is -2.29. The SMILES string of the molecule is CC(=O)OC1=C(CC2(C)CCCCC2)C(=O)c2ccccc2C1=O. The molecule has 0 saturated heterocycles. The number of carbonyl (C=O) groups excluding carboxylic acids is 3. The Morgan fingerprint density at radius 3 is 2.21 bits per heavy atom. The van der Waals surface area contributed by atoms with Gasteiger partial charge in [-0.2, -0.15) is 0 Å². The van der Waals surface area contributed by atoms with E-state index in [0.717, 1.165) is 25.7 Å². The summed E-state index contributed by atoms with van der Waals surface area (Å²) in [5, 5.41) is 0. The van der Waals surface area contributed by atoms with E-state index < -0.39 is 5.97 Å². The van der Waals surface area contributed by atoms with Crippen molar-refractivity contribution in [1.82, 2.24) is 0 Å². The average molecular weight is 326 g/mol. The van der Waals surface area contributed by atoms with Gasteiger partial charge in [-0.1, -0.05) is 50.5 Å². The number of benzene rings is 1. The minimum absolute atomic E-state index is 0.0266. The van der Waals surface area contributed by atoms with E-state index in [1.165, 1.54) is 13.3 Å². The zero-order valence-electron chi connectivity index (χ0n) is 14.2. The normalized spacial score (nSPS) is 19.9. The lowest BCUT2D eigenvalue weighted by molar-refractivity contribution is -0.136. The molecule has 0 N–H and O–H groups in total. The average Bonchev–Trinajstić information content (AvgIpc) is 2.56. The van der Waals surface area contributed by atoms with Crippen LogP contribution < -0.4 is 0 Å². The number of hydrogen-bond acceptors (Lipinski definition) is 4. The number of ketones is 2. The summed E-state index contributed by atoms with van der Waals surface area (Å²) in [6.07, 6.45) is 5.99. The van der Waals surface area contributed by atoms with Crippen molar-refractivity contribution < 1.29 is 19.1 Å². The summed E-state index contributed by atoms with van der Waals surface area (Å²) in [4.78, 5) is 37.2.